The zero-order valence-electron chi connectivity index (χ0n) is 10.4. The van der Waals surface area contributed by atoms with E-state index in [1.807, 2.05) is 24.3 Å². The summed E-state index contributed by atoms with van der Waals surface area (Å²) in [4.78, 5) is 20.4. The fraction of sp³-hybridized carbons (Fsp3) is 0.357. The number of carbonyl (C=O) groups is 1. The normalized spacial score (nSPS) is 16.3. The highest BCUT2D eigenvalue weighted by atomic mass is 16.3. The maximum Gasteiger partial charge on any atom is 0.271 e. The van der Waals surface area contributed by atoms with E-state index < -0.39 is 6.10 Å². The zero-order valence-corrected chi connectivity index (χ0v) is 10.4. The molecule has 0 radical (unpaired) electrons. The van der Waals surface area contributed by atoms with Crippen molar-refractivity contribution in [3.8, 4) is 0 Å². The van der Waals surface area contributed by atoms with Crippen LogP contribution in [-0.2, 0) is 0 Å². The number of hydrogen-bond acceptors (Lipinski definition) is 4. The topological polar surface area (TPSA) is 75.1 Å². The molecule has 2 N–H and O–H groups in total. The number of carbonyl (C=O) groups excluding carboxylic acids is 1. The van der Waals surface area contributed by atoms with Gasteiger partial charge in [-0.3, -0.25) is 9.78 Å². The third kappa shape index (κ3) is 2.71. The molecule has 0 saturated heterocycles. The SMILES string of the molecule is O=C(NCC(O)C1CC1)c1cnc2ccccc2n1. The van der Waals surface area contributed by atoms with E-state index in [0.29, 0.717) is 11.4 Å². The molecule has 0 spiro atoms. The molecule has 1 fully saturated rings. The number of aliphatic hydroxyl groups is 1. The van der Waals surface area contributed by atoms with Crippen molar-refractivity contribution in [1.82, 2.24) is 15.3 Å². The first kappa shape index (κ1) is 12.0. The van der Waals surface area contributed by atoms with Crippen molar-refractivity contribution in [2.24, 2.45) is 5.92 Å². The molecule has 5 heteroatoms. The highest BCUT2D eigenvalue weighted by Gasteiger charge is 2.29. The molecule has 0 bridgehead atoms. The molecule has 0 aliphatic heterocycles. The van der Waals surface area contributed by atoms with Crippen LogP contribution in [0.5, 0.6) is 0 Å². The van der Waals surface area contributed by atoms with Gasteiger partial charge in [0, 0.05) is 6.54 Å². The smallest absolute Gasteiger partial charge is 0.271 e. The molecule has 3 rings (SSSR count). The van der Waals surface area contributed by atoms with Crippen LogP contribution in [-0.4, -0.2) is 33.6 Å². The standard InChI is InChI=1S/C14H15N3O2/c18-13(9-5-6-9)8-16-14(19)12-7-15-10-3-1-2-4-11(10)17-12/h1-4,7,9,13,18H,5-6,8H2,(H,16,19). The first-order valence-electron chi connectivity index (χ1n) is 6.42. The number of benzene rings is 1. The molecule has 1 aromatic carbocycles. The monoisotopic (exact) mass is 257 g/mol. The van der Waals surface area contributed by atoms with E-state index in [1.54, 1.807) is 0 Å². The second kappa shape index (κ2) is 4.93. The Balaban J connectivity index is 1.70. The summed E-state index contributed by atoms with van der Waals surface area (Å²) < 4.78 is 0. The first-order valence-corrected chi connectivity index (χ1v) is 6.42. The number of aromatic nitrogens is 2. The van der Waals surface area contributed by atoms with Crippen molar-refractivity contribution >= 4 is 16.9 Å². The van der Waals surface area contributed by atoms with Crippen LogP contribution < -0.4 is 5.32 Å². The van der Waals surface area contributed by atoms with E-state index in [2.05, 4.69) is 15.3 Å². The van der Waals surface area contributed by atoms with Gasteiger partial charge < -0.3 is 10.4 Å². The molecule has 1 amide bonds. The minimum absolute atomic E-state index is 0.276. The van der Waals surface area contributed by atoms with Crippen LogP contribution in [0.15, 0.2) is 30.5 Å². The summed E-state index contributed by atoms with van der Waals surface area (Å²) in [5, 5.41) is 12.4. The average Bonchev–Trinajstić information content (AvgIpc) is 3.28. The maximum atomic E-state index is 11.9. The van der Waals surface area contributed by atoms with Crippen molar-refractivity contribution in [3.63, 3.8) is 0 Å². The summed E-state index contributed by atoms with van der Waals surface area (Å²) in [7, 11) is 0. The van der Waals surface area contributed by atoms with Crippen LogP contribution in [0.1, 0.15) is 23.3 Å². The third-order valence-corrected chi connectivity index (χ3v) is 3.32. The number of hydrogen-bond donors (Lipinski definition) is 2. The van der Waals surface area contributed by atoms with Crippen LogP contribution in [0.2, 0.25) is 0 Å². The molecule has 1 atom stereocenters. The molecule has 2 aromatic rings. The van der Waals surface area contributed by atoms with E-state index in [1.165, 1.54) is 6.20 Å². The van der Waals surface area contributed by atoms with Gasteiger partial charge in [0.1, 0.15) is 5.69 Å². The van der Waals surface area contributed by atoms with Gasteiger partial charge >= 0.3 is 0 Å². The van der Waals surface area contributed by atoms with Crippen LogP contribution in [0.25, 0.3) is 11.0 Å². The summed E-state index contributed by atoms with van der Waals surface area (Å²) in [6.45, 7) is 0.276. The van der Waals surface area contributed by atoms with Crippen molar-refractivity contribution in [1.29, 1.82) is 0 Å². The second-order valence-corrected chi connectivity index (χ2v) is 4.86. The highest BCUT2D eigenvalue weighted by Crippen LogP contribution is 2.32. The van der Waals surface area contributed by atoms with Crippen LogP contribution >= 0.6 is 0 Å². The van der Waals surface area contributed by atoms with Crippen molar-refractivity contribution < 1.29 is 9.90 Å². The van der Waals surface area contributed by atoms with E-state index in [4.69, 9.17) is 0 Å². The minimum Gasteiger partial charge on any atom is -0.391 e. The Hall–Kier alpha value is -2.01. The van der Waals surface area contributed by atoms with Gasteiger partial charge in [0.15, 0.2) is 0 Å². The van der Waals surface area contributed by atoms with E-state index in [-0.39, 0.29) is 18.1 Å². The van der Waals surface area contributed by atoms with Crippen LogP contribution in [0.4, 0.5) is 0 Å². The van der Waals surface area contributed by atoms with Gasteiger partial charge in [-0.2, -0.15) is 0 Å². The minimum atomic E-state index is -0.447. The van der Waals surface area contributed by atoms with Gasteiger partial charge in [0.25, 0.3) is 5.91 Å². The van der Waals surface area contributed by atoms with E-state index in [9.17, 15) is 9.90 Å². The number of amides is 1. The largest absolute Gasteiger partial charge is 0.391 e. The lowest BCUT2D eigenvalue weighted by atomic mass is 10.2. The molecule has 19 heavy (non-hydrogen) atoms. The van der Waals surface area contributed by atoms with Crippen LogP contribution in [0.3, 0.4) is 0 Å². The predicted molar refractivity (Wildman–Crippen MR) is 70.6 cm³/mol. The number of nitrogens with one attached hydrogen (secondary N) is 1. The summed E-state index contributed by atoms with van der Waals surface area (Å²) >= 11 is 0. The number of rotatable bonds is 4. The van der Waals surface area contributed by atoms with Gasteiger partial charge in [0.05, 0.1) is 23.3 Å². The number of nitrogens with zero attached hydrogens (tertiary/aromatic N) is 2. The Bertz CT molecular complexity index is 610. The summed E-state index contributed by atoms with van der Waals surface area (Å²) in [5.74, 6) is 0.0564. The summed E-state index contributed by atoms with van der Waals surface area (Å²) in [6, 6.07) is 7.40. The zero-order chi connectivity index (χ0) is 13.2. The van der Waals surface area contributed by atoms with Gasteiger partial charge in [-0.1, -0.05) is 12.1 Å². The van der Waals surface area contributed by atoms with Gasteiger partial charge in [-0.05, 0) is 30.9 Å². The Morgan fingerprint density at radius 1 is 1.37 bits per heavy atom. The molecule has 1 unspecified atom stereocenters. The number of aliphatic hydroxyl groups excluding tert-OH is 1. The second-order valence-electron chi connectivity index (χ2n) is 4.86. The van der Waals surface area contributed by atoms with Crippen molar-refractivity contribution in [2.75, 3.05) is 6.54 Å². The number of fused-ring (bicyclic) bond motifs is 1. The van der Waals surface area contributed by atoms with Crippen molar-refractivity contribution in [3.05, 3.63) is 36.2 Å². The molecule has 1 heterocycles. The van der Waals surface area contributed by atoms with E-state index >= 15 is 0 Å². The molecule has 1 saturated carbocycles. The Kier molecular flexibility index (Phi) is 3.13. The quantitative estimate of drug-likeness (QED) is 0.861. The lowest BCUT2D eigenvalue weighted by Crippen LogP contribution is -2.33. The molecular formula is C14H15N3O2. The average molecular weight is 257 g/mol. The molecule has 1 aliphatic rings. The summed E-state index contributed by atoms with van der Waals surface area (Å²) in [6.07, 6.45) is 3.11. The Labute approximate surface area is 110 Å². The Morgan fingerprint density at radius 3 is 2.84 bits per heavy atom. The lowest BCUT2D eigenvalue weighted by molar-refractivity contribution is 0.0896. The molecule has 98 valence electrons. The lowest BCUT2D eigenvalue weighted by Gasteiger charge is -2.10. The number of para-hydroxylation sites is 2. The van der Waals surface area contributed by atoms with E-state index in [0.717, 1.165) is 18.4 Å². The van der Waals surface area contributed by atoms with Gasteiger partial charge in [-0.25, -0.2) is 4.98 Å². The fourth-order valence-corrected chi connectivity index (χ4v) is 2.00. The van der Waals surface area contributed by atoms with Crippen LogP contribution in [0, 0.1) is 5.92 Å². The molecule has 1 aromatic heterocycles. The van der Waals surface area contributed by atoms with Gasteiger partial charge in [-0.15, -0.1) is 0 Å². The third-order valence-electron chi connectivity index (χ3n) is 3.32. The highest BCUT2D eigenvalue weighted by molar-refractivity contribution is 5.93. The fourth-order valence-electron chi connectivity index (χ4n) is 2.00. The molecule has 1 aliphatic carbocycles. The molecule has 5 nitrogen and oxygen atoms in total. The molecular weight excluding hydrogens is 242 g/mol. The van der Waals surface area contributed by atoms with Gasteiger partial charge in [0.2, 0.25) is 0 Å². The predicted octanol–water partition coefficient (Wildman–Crippen LogP) is 1.13. The van der Waals surface area contributed by atoms with Crippen molar-refractivity contribution in [2.45, 2.75) is 18.9 Å². The first-order chi connectivity index (χ1) is 9.24. The summed E-state index contributed by atoms with van der Waals surface area (Å²) in [5.41, 5.74) is 1.73. The maximum absolute atomic E-state index is 11.9. The Morgan fingerprint density at radius 2 is 2.11 bits per heavy atom.